The maximum absolute atomic E-state index is 5.92. The molecule has 2 aromatic carbocycles. The number of halogens is 1. The van der Waals surface area contributed by atoms with E-state index in [-0.39, 0.29) is 0 Å². The first kappa shape index (κ1) is 15.5. The van der Waals surface area contributed by atoms with Gasteiger partial charge in [0.15, 0.2) is 10.6 Å². The first-order valence-electron chi connectivity index (χ1n) is 7.68. The molecule has 5 rings (SSSR count). The molecule has 0 atom stereocenters. The summed E-state index contributed by atoms with van der Waals surface area (Å²) in [6.07, 6.45) is 1.51. The van der Waals surface area contributed by atoms with E-state index in [1.165, 1.54) is 18.1 Å². The number of hydrogen-bond donors (Lipinski definition) is 0. The maximum atomic E-state index is 5.92. The number of nitrogens with zero attached hydrogens (tertiary/aromatic N) is 4. The molecule has 3 heterocycles. The zero-order valence-electron chi connectivity index (χ0n) is 13.1. The lowest BCUT2D eigenvalue weighted by Gasteiger charge is -1.98. The lowest BCUT2D eigenvalue weighted by atomic mass is 10.2. The molecule has 0 radical (unpaired) electrons. The quantitative estimate of drug-likeness (QED) is 0.361. The maximum Gasteiger partial charge on any atom is 0.283 e. The summed E-state index contributed by atoms with van der Waals surface area (Å²) >= 11 is 4.74. The average molecular weight is 425 g/mol. The Hall–Kier alpha value is -2.71. The summed E-state index contributed by atoms with van der Waals surface area (Å²) in [6, 6.07) is 15.4. The zero-order valence-corrected chi connectivity index (χ0v) is 15.5. The van der Waals surface area contributed by atoms with Crippen LogP contribution in [0.25, 0.3) is 33.5 Å². The van der Waals surface area contributed by atoms with Crippen molar-refractivity contribution in [1.29, 1.82) is 0 Å². The summed E-state index contributed by atoms with van der Waals surface area (Å²) in [5.74, 6) is 0.440. The lowest BCUT2D eigenvalue weighted by molar-refractivity contribution is 0.465. The molecule has 0 aliphatic rings. The van der Waals surface area contributed by atoms with Crippen molar-refractivity contribution in [1.82, 2.24) is 20.2 Å². The molecule has 0 fully saturated rings. The number of hydrogen-bond acceptors (Lipinski definition) is 7. The van der Waals surface area contributed by atoms with E-state index < -0.39 is 0 Å². The minimum absolute atomic E-state index is 0.385. The van der Waals surface area contributed by atoms with Crippen molar-refractivity contribution in [2.24, 2.45) is 0 Å². The Kier molecular flexibility index (Phi) is 3.72. The molecule has 6 nitrogen and oxygen atoms in total. The fraction of sp³-hybridized carbons (Fsp3) is 0. The van der Waals surface area contributed by atoms with E-state index in [1.807, 2.05) is 48.5 Å². The van der Waals surface area contributed by atoms with Gasteiger partial charge in [0.2, 0.25) is 5.89 Å². The van der Waals surface area contributed by atoms with Crippen LogP contribution in [0.3, 0.4) is 0 Å². The highest BCUT2D eigenvalue weighted by atomic mass is 79.9. The van der Waals surface area contributed by atoms with E-state index in [2.05, 4.69) is 36.1 Å². The van der Waals surface area contributed by atoms with Crippen LogP contribution in [0.15, 0.2) is 78.4 Å². The molecular weight excluding hydrogens is 416 g/mol. The SMILES string of the molecule is Brc1ccccc1-c1nnc(Sc2ncnc3c2oc2ccccc23)o1. The van der Waals surface area contributed by atoms with Gasteiger partial charge in [-0.05, 0) is 52.0 Å². The van der Waals surface area contributed by atoms with Crippen molar-refractivity contribution in [2.75, 3.05) is 0 Å². The second-order valence-electron chi connectivity index (χ2n) is 5.41. The van der Waals surface area contributed by atoms with E-state index in [4.69, 9.17) is 8.83 Å². The molecule has 0 aliphatic heterocycles. The molecule has 126 valence electrons. The second-order valence-corrected chi connectivity index (χ2v) is 7.20. The van der Waals surface area contributed by atoms with Gasteiger partial charge in [-0.15, -0.1) is 10.2 Å². The third-order valence-electron chi connectivity index (χ3n) is 3.82. The number of furan rings is 1. The highest BCUT2D eigenvalue weighted by Gasteiger charge is 2.17. The monoisotopic (exact) mass is 424 g/mol. The Morgan fingerprint density at radius 1 is 0.885 bits per heavy atom. The second kappa shape index (κ2) is 6.22. The molecule has 0 unspecified atom stereocenters. The van der Waals surface area contributed by atoms with E-state index >= 15 is 0 Å². The van der Waals surface area contributed by atoms with Gasteiger partial charge in [0.1, 0.15) is 17.4 Å². The van der Waals surface area contributed by atoms with E-state index in [1.54, 1.807) is 0 Å². The average Bonchev–Trinajstić information content (AvgIpc) is 3.27. The van der Waals surface area contributed by atoms with Crippen molar-refractivity contribution < 1.29 is 8.83 Å². The van der Waals surface area contributed by atoms with Crippen molar-refractivity contribution in [3.05, 3.63) is 59.3 Å². The van der Waals surface area contributed by atoms with Gasteiger partial charge in [-0.1, -0.05) is 24.3 Å². The highest BCUT2D eigenvalue weighted by molar-refractivity contribution is 9.10. The van der Waals surface area contributed by atoms with Gasteiger partial charge in [-0.2, -0.15) is 0 Å². The van der Waals surface area contributed by atoms with Crippen molar-refractivity contribution in [3.8, 4) is 11.5 Å². The predicted octanol–water partition coefficient (Wildman–Crippen LogP) is 5.34. The Bertz CT molecular complexity index is 1250. The Labute approximate surface area is 159 Å². The zero-order chi connectivity index (χ0) is 17.5. The third-order valence-corrected chi connectivity index (χ3v) is 5.34. The Morgan fingerprint density at radius 3 is 2.65 bits per heavy atom. The first-order chi connectivity index (χ1) is 12.8. The van der Waals surface area contributed by atoms with Crippen LogP contribution in [0.2, 0.25) is 0 Å². The van der Waals surface area contributed by atoms with Gasteiger partial charge < -0.3 is 8.83 Å². The minimum Gasteiger partial charge on any atom is -0.451 e. The lowest BCUT2D eigenvalue weighted by Crippen LogP contribution is -1.84. The summed E-state index contributed by atoms with van der Waals surface area (Å²) in [7, 11) is 0. The van der Waals surface area contributed by atoms with E-state index in [0.717, 1.165) is 26.5 Å². The summed E-state index contributed by atoms with van der Waals surface area (Å²) in [6.45, 7) is 0. The van der Waals surface area contributed by atoms with Crippen LogP contribution in [-0.4, -0.2) is 20.2 Å². The number of para-hydroxylation sites is 1. The van der Waals surface area contributed by atoms with Gasteiger partial charge in [-0.3, -0.25) is 0 Å². The summed E-state index contributed by atoms with van der Waals surface area (Å²) in [4.78, 5) is 8.66. The topological polar surface area (TPSA) is 77.8 Å². The number of fused-ring (bicyclic) bond motifs is 3. The smallest absolute Gasteiger partial charge is 0.283 e. The third kappa shape index (κ3) is 2.58. The van der Waals surface area contributed by atoms with Crippen LogP contribution >= 0.6 is 27.7 Å². The van der Waals surface area contributed by atoms with Crippen LogP contribution in [-0.2, 0) is 0 Å². The Balaban J connectivity index is 1.55. The predicted molar refractivity (Wildman–Crippen MR) is 101 cm³/mol. The molecule has 0 saturated carbocycles. The van der Waals surface area contributed by atoms with Gasteiger partial charge in [0, 0.05) is 9.86 Å². The molecule has 0 spiro atoms. The Morgan fingerprint density at radius 2 is 1.73 bits per heavy atom. The first-order valence-corrected chi connectivity index (χ1v) is 9.29. The summed E-state index contributed by atoms with van der Waals surface area (Å²) in [5, 5.41) is 10.2. The largest absolute Gasteiger partial charge is 0.451 e. The molecule has 8 heteroatoms. The van der Waals surface area contributed by atoms with Crippen LogP contribution in [0.4, 0.5) is 0 Å². The molecule has 0 N–H and O–H groups in total. The van der Waals surface area contributed by atoms with Gasteiger partial charge in [0.25, 0.3) is 5.22 Å². The fourth-order valence-electron chi connectivity index (χ4n) is 2.65. The molecule has 0 aliphatic carbocycles. The van der Waals surface area contributed by atoms with Crippen molar-refractivity contribution in [3.63, 3.8) is 0 Å². The fourth-order valence-corrected chi connectivity index (χ4v) is 3.81. The van der Waals surface area contributed by atoms with Crippen LogP contribution in [0.1, 0.15) is 0 Å². The summed E-state index contributed by atoms with van der Waals surface area (Å²) in [5.41, 5.74) is 2.98. The van der Waals surface area contributed by atoms with Gasteiger partial charge >= 0.3 is 0 Å². The van der Waals surface area contributed by atoms with Crippen LogP contribution < -0.4 is 0 Å². The van der Waals surface area contributed by atoms with Crippen molar-refractivity contribution >= 4 is 49.8 Å². The van der Waals surface area contributed by atoms with E-state index in [0.29, 0.717) is 21.7 Å². The highest BCUT2D eigenvalue weighted by Crippen LogP contribution is 2.36. The van der Waals surface area contributed by atoms with Gasteiger partial charge in [0.05, 0.1) is 5.56 Å². The van der Waals surface area contributed by atoms with Crippen LogP contribution in [0, 0.1) is 0 Å². The number of rotatable bonds is 3. The molecular formula is C18H9BrN4O2S. The molecule has 0 saturated heterocycles. The van der Waals surface area contributed by atoms with Crippen molar-refractivity contribution in [2.45, 2.75) is 10.2 Å². The number of aromatic nitrogens is 4. The van der Waals surface area contributed by atoms with E-state index in [9.17, 15) is 0 Å². The normalized spacial score (nSPS) is 11.4. The minimum atomic E-state index is 0.385. The summed E-state index contributed by atoms with van der Waals surface area (Å²) < 4.78 is 12.6. The molecule has 3 aromatic heterocycles. The standard InChI is InChI=1S/C18H9BrN4O2S/c19-12-7-3-1-5-10(12)16-22-23-18(25-16)26-17-15-14(20-9-21-17)11-6-2-4-8-13(11)24-15/h1-9H. The molecule has 0 amide bonds. The number of benzene rings is 2. The van der Waals surface area contributed by atoms with Gasteiger partial charge in [-0.25, -0.2) is 9.97 Å². The molecule has 26 heavy (non-hydrogen) atoms. The molecule has 0 bridgehead atoms. The molecule has 5 aromatic rings. The van der Waals surface area contributed by atoms with Crippen LogP contribution in [0.5, 0.6) is 0 Å².